The van der Waals surface area contributed by atoms with Crippen LogP contribution in [0.3, 0.4) is 0 Å². The van der Waals surface area contributed by atoms with E-state index in [0.29, 0.717) is 23.4 Å². The smallest absolute Gasteiger partial charge is 0.320 e. The summed E-state index contributed by atoms with van der Waals surface area (Å²) in [5.41, 5.74) is 0.216. The van der Waals surface area contributed by atoms with E-state index in [1.54, 1.807) is 0 Å². The maximum Gasteiger partial charge on any atom is 0.320 e. The van der Waals surface area contributed by atoms with E-state index in [0.717, 1.165) is 32.6 Å². The number of hydrogen-bond acceptors (Lipinski definition) is 3. The van der Waals surface area contributed by atoms with E-state index in [-0.39, 0.29) is 5.54 Å². The average molecular weight is 311 g/mol. The minimum atomic E-state index is 0.216. The van der Waals surface area contributed by atoms with E-state index in [2.05, 4.69) is 41.7 Å². The number of nitrogens with zero attached hydrogens (tertiary/aromatic N) is 3. The van der Waals surface area contributed by atoms with Crippen LogP contribution in [0.4, 0.5) is 4.79 Å². The zero-order valence-electron chi connectivity index (χ0n) is 13.8. The molecule has 0 aliphatic carbocycles. The summed E-state index contributed by atoms with van der Waals surface area (Å²) in [5.74, 6) is 0. The van der Waals surface area contributed by atoms with Gasteiger partial charge in [0.2, 0.25) is 0 Å². The first kappa shape index (κ1) is 15.5. The first-order valence-electron chi connectivity index (χ1n) is 8.25. The Morgan fingerprint density at radius 3 is 2.14 bits per heavy atom. The lowest BCUT2D eigenvalue weighted by atomic mass is 10.0. The van der Waals surface area contributed by atoms with Gasteiger partial charge in [0.15, 0.2) is 0 Å². The predicted molar refractivity (Wildman–Crippen MR) is 88.9 cm³/mol. The van der Waals surface area contributed by atoms with Crippen molar-refractivity contribution in [3.63, 3.8) is 0 Å². The van der Waals surface area contributed by atoms with Gasteiger partial charge in [-0.1, -0.05) is 0 Å². The fraction of sp³-hybridized carbons (Fsp3) is 0.938. The highest BCUT2D eigenvalue weighted by Gasteiger charge is 2.46. The highest BCUT2D eigenvalue weighted by Crippen LogP contribution is 2.35. The normalized spacial score (nSPS) is 33.8. The second kappa shape index (κ2) is 5.65. The molecule has 0 aromatic rings. The maximum atomic E-state index is 12.9. The molecule has 3 aliphatic heterocycles. The fourth-order valence-electron chi connectivity index (χ4n) is 4.02. The number of fused-ring (bicyclic) bond motifs is 2. The van der Waals surface area contributed by atoms with Crippen molar-refractivity contribution in [1.29, 1.82) is 0 Å². The van der Waals surface area contributed by atoms with Gasteiger partial charge in [0.25, 0.3) is 0 Å². The van der Waals surface area contributed by atoms with E-state index in [1.807, 2.05) is 11.8 Å². The zero-order chi connectivity index (χ0) is 15.2. The van der Waals surface area contributed by atoms with Gasteiger partial charge in [0.1, 0.15) is 0 Å². The highest BCUT2D eigenvalue weighted by atomic mass is 32.2. The molecule has 3 fully saturated rings. The molecule has 3 aliphatic rings. The standard InChI is InChI=1S/C16H29N3OS/c1-16(2,3)18-9-12-5-6-13(10-18)19(12)15(20)17-8-7-14(11-17)21-4/h12-14H,5-11H2,1-4H3. The molecule has 3 rings (SSSR count). The molecule has 0 radical (unpaired) electrons. The highest BCUT2D eigenvalue weighted by molar-refractivity contribution is 7.99. The lowest BCUT2D eigenvalue weighted by molar-refractivity contribution is 0.0264. The first-order valence-corrected chi connectivity index (χ1v) is 9.54. The number of urea groups is 1. The van der Waals surface area contributed by atoms with Gasteiger partial charge in [0.05, 0.1) is 0 Å². The number of piperazine rings is 1. The van der Waals surface area contributed by atoms with Crippen molar-refractivity contribution in [2.24, 2.45) is 0 Å². The molecule has 120 valence electrons. The summed E-state index contributed by atoms with van der Waals surface area (Å²) in [6, 6.07) is 1.18. The second-order valence-electron chi connectivity index (χ2n) is 7.74. The van der Waals surface area contributed by atoms with Gasteiger partial charge in [-0.05, 0) is 46.3 Å². The summed E-state index contributed by atoms with van der Waals surface area (Å²) >= 11 is 1.90. The van der Waals surface area contributed by atoms with Gasteiger partial charge in [-0.25, -0.2) is 4.79 Å². The molecule has 3 heterocycles. The van der Waals surface area contributed by atoms with Crippen molar-refractivity contribution in [1.82, 2.24) is 14.7 Å². The van der Waals surface area contributed by atoms with Gasteiger partial charge in [-0.3, -0.25) is 4.90 Å². The van der Waals surface area contributed by atoms with Crippen molar-refractivity contribution >= 4 is 17.8 Å². The quantitative estimate of drug-likeness (QED) is 0.744. The molecule has 0 aromatic carbocycles. The molecule has 21 heavy (non-hydrogen) atoms. The molecule has 3 saturated heterocycles. The number of rotatable bonds is 1. The fourth-order valence-corrected chi connectivity index (χ4v) is 4.69. The van der Waals surface area contributed by atoms with Crippen molar-refractivity contribution in [2.45, 2.75) is 62.9 Å². The van der Waals surface area contributed by atoms with Crippen LogP contribution in [0, 0.1) is 0 Å². The van der Waals surface area contributed by atoms with Crippen molar-refractivity contribution in [2.75, 3.05) is 32.4 Å². The molecule has 2 bridgehead atoms. The third kappa shape index (κ3) is 2.91. The lowest BCUT2D eigenvalue weighted by Gasteiger charge is -2.47. The third-order valence-corrected chi connectivity index (χ3v) is 6.45. The van der Waals surface area contributed by atoms with Gasteiger partial charge < -0.3 is 9.80 Å². The number of carbonyl (C=O) groups is 1. The van der Waals surface area contributed by atoms with Crippen LogP contribution in [0.25, 0.3) is 0 Å². The van der Waals surface area contributed by atoms with E-state index in [9.17, 15) is 4.79 Å². The Kier molecular flexibility index (Phi) is 4.17. The van der Waals surface area contributed by atoms with Crippen LogP contribution in [0.15, 0.2) is 0 Å². The number of carbonyl (C=O) groups excluding carboxylic acids is 1. The van der Waals surface area contributed by atoms with Crippen molar-refractivity contribution in [3.8, 4) is 0 Å². The minimum Gasteiger partial charge on any atom is -0.323 e. The van der Waals surface area contributed by atoms with Crippen LogP contribution in [0.5, 0.6) is 0 Å². The van der Waals surface area contributed by atoms with Gasteiger partial charge >= 0.3 is 6.03 Å². The predicted octanol–water partition coefficient (Wildman–Crippen LogP) is 2.49. The van der Waals surface area contributed by atoms with Crippen LogP contribution < -0.4 is 0 Å². The molecule has 0 aromatic heterocycles. The zero-order valence-corrected chi connectivity index (χ0v) is 14.7. The molecular formula is C16H29N3OS. The van der Waals surface area contributed by atoms with E-state index < -0.39 is 0 Å². The summed E-state index contributed by atoms with van der Waals surface area (Å²) in [6.45, 7) is 10.8. The topological polar surface area (TPSA) is 26.8 Å². The Morgan fingerprint density at radius 1 is 1.05 bits per heavy atom. The summed E-state index contributed by atoms with van der Waals surface area (Å²) in [4.78, 5) is 19.8. The average Bonchev–Trinajstić information content (AvgIpc) is 3.00. The molecule has 0 saturated carbocycles. The van der Waals surface area contributed by atoms with Crippen LogP contribution in [-0.4, -0.2) is 76.0 Å². The Hall–Kier alpha value is -0.420. The van der Waals surface area contributed by atoms with E-state index in [4.69, 9.17) is 0 Å². The minimum absolute atomic E-state index is 0.216. The maximum absolute atomic E-state index is 12.9. The number of thioether (sulfide) groups is 1. The molecule has 5 heteroatoms. The van der Waals surface area contributed by atoms with Crippen LogP contribution in [0.1, 0.15) is 40.0 Å². The van der Waals surface area contributed by atoms with Crippen molar-refractivity contribution < 1.29 is 4.79 Å². The Balaban J connectivity index is 1.67. The Bertz CT molecular complexity index is 395. The molecule has 3 unspecified atom stereocenters. The molecule has 0 spiro atoms. The number of likely N-dealkylation sites (tertiary alicyclic amines) is 2. The summed E-state index contributed by atoms with van der Waals surface area (Å²) in [5, 5.41) is 0.641. The largest absolute Gasteiger partial charge is 0.323 e. The van der Waals surface area contributed by atoms with Gasteiger partial charge in [0, 0.05) is 49.1 Å². The number of amides is 2. The van der Waals surface area contributed by atoms with Crippen LogP contribution in [-0.2, 0) is 0 Å². The third-order valence-electron chi connectivity index (χ3n) is 5.40. The molecule has 3 atom stereocenters. The second-order valence-corrected chi connectivity index (χ2v) is 8.88. The van der Waals surface area contributed by atoms with Crippen LogP contribution >= 0.6 is 11.8 Å². The monoisotopic (exact) mass is 311 g/mol. The molecular weight excluding hydrogens is 282 g/mol. The summed E-state index contributed by atoms with van der Waals surface area (Å²) in [6.07, 6.45) is 5.68. The van der Waals surface area contributed by atoms with Crippen molar-refractivity contribution in [3.05, 3.63) is 0 Å². The van der Waals surface area contributed by atoms with Gasteiger partial charge in [-0.2, -0.15) is 11.8 Å². The SMILES string of the molecule is CSC1CCN(C(=O)N2C3CCC2CN(C(C)(C)C)C3)C1. The lowest BCUT2D eigenvalue weighted by Crippen LogP contribution is -2.61. The summed E-state index contributed by atoms with van der Waals surface area (Å²) in [7, 11) is 0. The first-order chi connectivity index (χ1) is 9.90. The Morgan fingerprint density at radius 2 is 1.67 bits per heavy atom. The van der Waals surface area contributed by atoms with Gasteiger partial charge in [-0.15, -0.1) is 0 Å². The van der Waals surface area contributed by atoms with E-state index in [1.165, 1.54) is 12.8 Å². The molecule has 4 nitrogen and oxygen atoms in total. The Labute approximate surface area is 133 Å². The number of hydrogen-bond donors (Lipinski definition) is 0. The summed E-state index contributed by atoms with van der Waals surface area (Å²) < 4.78 is 0. The van der Waals surface area contributed by atoms with E-state index >= 15 is 0 Å². The molecule has 0 N–H and O–H groups in total. The van der Waals surface area contributed by atoms with Crippen LogP contribution in [0.2, 0.25) is 0 Å². The molecule has 2 amide bonds.